The van der Waals surface area contributed by atoms with Gasteiger partial charge in [-0.2, -0.15) is 0 Å². The minimum absolute atomic E-state index is 0.105. The lowest BCUT2D eigenvalue weighted by Gasteiger charge is -2.44. The number of esters is 3. The highest BCUT2D eigenvalue weighted by molar-refractivity contribution is 6.23. The van der Waals surface area contributed by atoms with E-state index < -0.39 is 72.5 Å². The van der Waals surface area contributed by atoms with Crippen LogP contribution >= 0.6 is 0 Å². The molecule has 1 aliphatic carbocycles. The SMILES string of the molecule is CC(=N)O[C@H]1[C@H](OC(C)=O)[C@H](OC(C)=O)[C@H](OC2=CC(=O)c3ccccc3C2=O)O[C@@H]1COC(C)=O. The van der Waals surface area contributed by atoms with Gasteiger partial charge in [-0.15, -0.1) is 0 Å². The zero-order valence-electron chi connectivity index (χ0n) is 20.0. The van der Waals surface area contributed by atoms with Gasteiger partial charge in [-0.25, -0.2) is 0 Å². The molecule has 1 saturated heterocycles. The first-order valence-electron chi connectivity index (χ1n) is 10.9. The molecule has 0 spiro atoms. The van der Waals surface area contributed by atoms with Crippen LogP contribution in [0.5, 0.6) is 0 Å². The van der Waals surface area contributed by atoms with Crippen LogP contribution in [0.4, 0.5) is 0 Å². The Hall–Kier alpha value is -4.06. The van der Waals surface area contributed by atoms with Gasteiger partial charge in [0.1, 0.15) is 12.7 Å². The van der Waals surface area contributed by atoms with Crippen molar-refractivity contribution >= 4 is 35.4 Å². The highest BCUT2D eigenvalue weighted by Crippen LogP contribution is 2.32. The second-order valence-electron chi connectivity index (χ2n) is 8.00. The van der Waals surface area contributed by atoms with Gasteiger partial charge in [0.25, 0.3) is 0 Å². The fourth-order valence-electron chi connectivity index (χ4n) is 3.80. The van der Waals surface area contributed by atoms with Crippen molar-refractivity contribution < 1.29 is 52.4 Å². The average molecular weight is 503 g/mol. The van der Waals surface area contributed by atoms with Gasteiger partial charge in [-0.05, 0) is 0 Å². The number of rotatable bonds is 7. The van der Waals surface area contributed by atoms with Gasteiger partial charge < -0.3 is 28.4 Å². The van der Waals surface area contributed by atoms with E-state index in [1.165, 1.54) is 19.1 Å². The Morgan fingerprint density at radius 2 is 1.47 bits per heavy atom. The summed E-state index contributed by atoms with van der Waals surface area (Å²) in [5.74, 6) is -4.03. The summed E-state index contributed by atoms with van der Waals surface area (Å²) < 4.78 is 32.8. The number of ether oxygens (including phenoxy) is 6. The van der Waals surface area contributed by atoms with Crippen molar-refractivity contribution in [2.45, 2.75) is 58.4 Å². The number of nitrogens with one attached hydrogen (secondary N) is 1. The van der Waals surface area contributed by atoms with Gasteiger partial charge in [0.2, 0.25) is 18.2 Å². The fraction of sp³-hybridized carbons (Fsp3) is 0.417. The van der Waals surface area contributed by atoms with Crippen LogP contribution in [0.1, 0.15) is 48.4 Å². The number of hydrogen-bond donors (Lipinski definition) is 1. The number of benzene rings is 1. The van der Waals surface area contributed by atoms with E-state index in [0.29, 0.717) is 0 Å². The van der Waals surface area contributed by atoms with Crippen molar-refractivity contribution in [3.05, 3.63) is 47.2 Å². The van der Waals surface area contributed by atoms with Gasteiger partial charge in [0.15, 0.2) is 29.6 Å². The van der Waals surface area contributed by atoms with Gasteiger partial charge >= 0.3 is 17.9 Å². The smallest absolute Gasteiger partial charge is 0.303 e. The Bertz CT molecular complexity index is 1120. The van der Waals surface area contributed by atoms with Crippen molar-refractivity contribution in [1.29, 1.82) is 5.41 Å². The predicted molar refractivity (Wildman–Crippen MR) is 119 cm³/mol. The van der Waals surface area contributed by atoms with Crippen molar-refractivity contribution in [1.82, 2.24) is 0 Å². The minimum Gasteiger partial charge on any atom is -0.471 e. The van der Waals surface area contributed by atoms with E-state index in [1.807, 2.05) is 0 Å². The van der Waals surface area contributed by atoms with Crippen LogP contribution in [0.15, 0.2) is 36.1 Å². The van der Waals surface area contributed by atoms with E-state index in [2.05, 4.69) is 0 Å². The quantitative estimate of drug-likeness (QED) is 0.248. The molecule has 36 heavy (non-hydrogen) atoms. The Morgan fingerprint density at radius 1 is 0.861 bits per heavy atom. The second-order valence-corrected chi connectivity index (χ2v) is 8.00. The third-order valence-corrected chi connectivity index (χ3v) is 5.13. The van der Waals surface area contributed by atoms with Crippen LogP contribution in [-0.4, -0.2) is 72.7 Å². The molecule has 1 N–H and O–H groups in total. The summed E-state index contributed by atoms with van der Waals surface area (Å²) in [5.41, 5.74) is 0.296. The van der Waals surface area contributed by atoms with Crippen LogP contribution in [0, 0.1) is 5.41 Å². The zero-order chi connectivity index (χ0) is 26.6. The molecule has 1 aromatic carbocycles. The predicted octanol–water partition coefficient (Wildman–Crippen LogP) is 1.50. The van der Waals surface area contributed by atoms with E-state index >= 15 is 0 Å². The molecule has 0 unspecified atom stereocenters. The Morgan fingerprint density at radius 3 is 2.06 bits per heavy atom. The molecular formula is C24H25NO11. The number of ketones is 2. The summed E-state index contributed by atoms with van der Waals surface area (Å²) in [5, 5.41) is 7.73. The van der Waals surface area contributed by atoms with Crippen LogP contribution in [0.25, 0.3) is 0 Å². The lowest BCUT2D eigenvalue weighted by Crippen LogP contribution is -2.63. The van der Waals surface area contributed by atoms with Gasteiger partial charge in [-0.1, -0.05) is 24.3 Å². The van der Waals surface area contributed by atoms with Crippen LogP contribution in [0.2, 0.25) is 0 Å². The normalized spacial score (nSPS) is 25.1. The first-order valence-corrected chi connectivity index (χ1v) is 10.9. The van der Waals surface area contributed by atoms with Crippen molar-refractivity contribution in [3.63, 3.8) is 0 Å². The molecule has 12 heteroatoms. The summed E-state index contributed by atoms with van der Waals surface area (Å²) in [6, 6.07) is 6.15. The van der Waals surface area contributed by atoms with Gasteiger partial charge in [-0.3, -0.25) is 29.4 Å². The maximum Gasteiger partial charge on any atom is 0.303 e. The van der Waals surface area contributed by atoms with Crippen molar-refractivity contribution in [2.75, 3.05) is 6.61 Å². The average Bonchev–Trinajstić information content (AvgIpc) is 2.79. The van der Waals surface area contributed by atoms with Crippen LogP contribution in [-0.2, 0) is 42.8 Å². The molecule has 3 rings (SSSR count). The molecule has 2 aliphatic rings. The molecule has 0 bridgehead atoms. The standard InChI is InChI=1S/C24H25NO11/c1-11(25)32-21-19(10-31-12(2)26)36-24(23(34-14(4)28)22(21)33-13(3)27)35-18-9-17(29)15-7-5-6-8-16(15)20(18)30/h5-9,19,21-25H,10H2,1-4H3/t19-,21-,22+,23+,24-/m1/s1. The third-order valence-electron chi connectivity index (χ3n) is 5.13. The molecule has 0 aromatic heterocycles. The van der Waals surface area contributed by atoms with E-state index in [1.54, 1.807) is 12.1 Å². The first-order chi connectivity index (χ1) is 17.0. The number of Topliss-reactive ketones (excluding diaryl/α,β-unsaturated/α-hetero) is 1. The topological polar surface area (TPSA) is 165 Å². The summed E-state index contributed by atoms with van der Waals surface area (Å²) in [7, 11) is 0. The number of allylic oxidation sites excluding steroid dienone is 2. The highest BCUT2D eigenvalue weighted by atomic mass is 16.7. The van der Waals surface area contributed by atoms with Crippen LogP contribution in [0.3, 0.4) is 0 Å². The van der Waals surface area contributed by atoms with E-state index in [9.17, 15) is 24.0 Å². The number of fused-ring (bicyclic) bond motifs is 1. The molecule has 1 aliphatic heterocycles. The third kappa shape index (κ3) is 6.13. The molecule has 12 nitrogen and oxygen atoms in total. The molecule has 1 fully saturated rings. The molecule has 0 amide bonds. The zero-order valence-corrected chi connectivity index (χ0v) is 20.0. The number of carbonyl (C=O) groups is 5. The minimum atomic E-state index is -1.59. The number of carbonyl (C=O) groups excluding carboxylic acids is 5. The first kappa shape index (κ1) is 26.5. The van der Waals surface area contributed by atoms with Crippen LogP contribution < -0.4 is 0 Å². The lowest BCUT2D eigenvalue weighted by molar-refractivity contribution is -0.294. The van der Waals surface area contributed by atoms with E-state index in [-0.39, 0.29) is 17.0 Å². The Labute approximate surface area is 205 Å². The Kier molecular flexibility index (Phi) is 8.20. The maximum absolute atomic E-state index is 13.0. The molecule has 192 valence electrons. The summed E-state index contributed by atoms with van der Waals surface area (Å²) in [4.78, 5) is 60.9. The largest absolute Gasteiger partial charge is 0.471 e. The number of hydrogen-bond acceptors (Lipinski definition) is 12. The van der Waals surface area contributed by atoms with Crippen molar-refractivity contribution in [3.8, 4) is 0 Å². The van der Waals surface area contributed by atoms with Crippen molar-refractivity contribution in [2.24, 2.45) is 0 Å². The second kappa shape index (κ2) is 11.1. The molecule has 5 atom stereocenters. The van der Waals surface area contributed by atoms with E-state index in [0.717, 1.165) is 26.8 Å². The maximum atomic E-state index is 13.0. The van der Waals surface area contributed by atoms with E-state index in [4.69, 9.17) is 33.8 Å². The molecule has 0 radical (unpaired) electrons. The Balaban J connectivity index is 2.01. The molecule has 1 heterocycles. The molecule has 0 saturated carbocycles. The van der Waals surface area contributed by atoms with Gasteiger partial charge in [0.05, 0.1) is 0 Å². The monoisotopic (exact) mass is 503 g/mol. The highest BCUT2D eigenvalue weighted by Gasteiger charge is 2.53. The lowest BCUT2D eigenvalue weighted by atomic mass is 9.93. The summed E-state index contributed by atoms with van der Waals surface area (Å²) in [6.45, 7) is 4.26. The molecular weight excluding hydrogens is 478 g/mol. The molecule has 1 aromatic rings. The summed E-state index contributed by atoms with van der Waals surface area (Å²) in [6.07, 6.45) is -5.92. The summed E-state index contributed by atoms with van der Waals surface area (Å²) >= 11 is 0. The fourth-order valence-corrected chi connectivity index (χ4v) is 3.80. The van der Waals surface area contributed by atoms with Gasteiger partial charge in [0, 0.05) is 44.9 Å².